The first-order chi connectivity index (χ1) is 38.8. The van der Waals surface area contributed by atoms with Crippen LogP contribution in [0.5, 0.6) is 0 Å². The molecule has 9 nitrogen and oxygen atoms in total. The van der Waals surface area contributed by atoms with Crippen LogP contribution in [0.4, 0.5) is 0 Å². The van der Waals surface area contributed by atoms with E-state index in [9.17, 15) is 19.0 Å². The van der Waals surface area contributed by atoms with E-state index < -0.39 is 26.5 Å². The number of hydrogen-bond donors (Lipinski definition) is 2. The Kier molecular flexibility index (Phi) is 61.6. The van der Waals surface area contributed by atoms with Crippen molar-refractivity contribution in [1.82, 2.24) is 0 Å². The Morgan fingerprint density at radius 3 is 1.05 bits per heavy atom. The Morgan fingerprint density at radius 1 is 0.392 bits per heavy atom. The predicted octanol–water partition coefficient (Wildman–Crippen LogP) is 21.2. The average molecular weight is 1120 g/mol. The topological polar surface area (TPSA) is 134 Å². The van der Waals surface area contributed by atoms with Gasteiger partial charge in [-0.05, 0) is 96.3 Å². The Labute approximate surface area is 486 Å². The molecule has 79 heavy (non-hydrogen) atoms. The van der Waals surface area contributed by atoms with Crippen molar-refractivity contribution >= 4 is 19.8 Å². The molecular weight excluding hydrogens is 1000 g/mol. The maximum Gasteiger partial charge on any atom is 0.472 e. The van der Waals surface area contributed by atoms with Crippen molar-refractivity contribution in [3.63, 3.8) is 0 Å². The number of hydrogen-bond acceptors (Lipinski definition) is 8. The van der Waals surface area contributed by atoms with E-state index in [0.29, 0.717) is 6.42 Å². The van der Waals surface area contributed by atoms with Crippen molar-refractivity contribution in [3.8, 4) is 0 Å². The second kappa shape index (κ2) is 64.1. The SMILES string of the molecule is CC/C=C\C/C=C\C/C=C\C/C=C\C/C=C\C/C=C\C/C=C\CCCCCCCCCCCCCCCCCCCC(=O)OC(COC(=O)CCCCCCCCCCC/C=C\CCCCCCCC)COP(=O)(O)OCCN. The van der Waals surface area contributed by atoms with Gasteiger partial charge in [0.15, 0.2) is 6.10 Å². The molecule has 0 aromatic rings. The lowest BCUT2D eigenvalue weighted by Gasteiger charge is -2.19. The van der Waals surface area contributed by atoms with Crippen LogP contribution >= 0.6 is 7.82 Å². The fourth-order valence-corrected chi connectivity index (χ4v) is 9.91. The summed E-state index contributed by atoms with van der Waals surface area (Å²) in [6, 6.07) is 0. The summed E-state index contributed by atoms with van der Waals surface area (Å²) in [5, 5.41) is 0. The molecule has 10 heteroatoms. The maximum atomic E-state index is 12.7. The summed E-state index contributed by atoms with van der Waals surface area (Å²) in [5.74, 6) is -0.822. The Hall–Kier alpha value is -3.07. The second-order valence-corrected chi connectivity index (χ2v) is 23.1. The van der Waals surface area contributed by atoms with Gasteiger partial charge in [0.25, 0.3) is 0 Å². The standard InChI is InChI=1S/C69H122NO8P/c1-3-5-7-9-11-13-15-17-19-21-23-24-25-26-27-28-29-30-31-32-33-34-35-36-37-38-39-40-41-42-44-46-48-50-52-54-56-58-60-62-69(72)78-67(66-77-79(73,74)76-64-63-70)65-75-68(71)61-59-57-55-53-51-49-47-45-43-22-20-18-16-14-12-10-8-6-4-2/h5,7,11,13,17-20,23-24,26-27,29-30,32-33,67H,3-4,6,8-10,12,14-16,21-22,25,28,31,34-66,70H2,1-2H3,(H,73,74)/b7-5-,13-11-,19-17-,20-18-,24-23-,27-26-,30-29-,33-32-. The van der Waals surface area contributed by atoms with Gasteiger partial charge < -0.3 is 20.1 Å². The minimum absolute atomic E-state index is 0.0517. The summed E-state index contributed by atoms with van der Waals surface area (Å²) in [7, 11) is -4.39. The number of phosphoric ester groups is 1. The van der Waals surface area contributed by atoms with E-state index in [2.05, 4.69) is 111 Å². The minimum Gasteiger partial charge on any atom is -0.462 e. The number of rotatable bonds is 61. The number of nitrogens with two attached hydrogens (primary N) is 1. The molecule has 0 fully saturated rings. The summed E-state index contributed by atoms with van der Waals surface area (Å²) >= 11 is 0. The first kappa shape index (κ1) is 75.9. The van der Waals surface area contributed by atoms with Crippen LogP contribution in [-0.4, -0.2) is 49.3 Å². The fraction of sp³-hybridized carbons (Fsp3) is 0.739. The van der Waals surface area contributed by atoms with E-state index in [1.165, 1.54) is 180 Å². The van der Waals surface area contributed by atoms with Gasteiger partial charge in [-0.15, -0.1) is 0 Å². The van der Waals surface area contributed by atoms with Crippen molar-refractivity contribution in [2.45, 2.75) is 302 Å². The smallest absolute Gasteiger partial charge is 0.462 e. The molecule has 0 aromatic carbocycles. The van der Waals surface area contributed by atoms with Crippen LogP contribution in [0.25, 0.3) is 0 Å². The monoisotopic (exact) mass is 1120 g/mol. The number of carbonyl (C=O) groups is 2. The fourth-order valence-electron chi connectivity index (χ4n) is 9.14. The van der Waals surface area contributed by atoms with Crippen molar-refractivity contribution in [2.24, 2.45) is 5.73 Å². The molecular formula is C69H122NO8P. The molecule has 3 N–H and O–H groups in total. The van der Waals surface area contributed by atoms with Gasteiger partial charge in [0.2, 0.25) is 0 Å². The van der Waals surface area contributed by atoms with Gasteiger partial charge in [0, 0.05) is 19.4 Å². The molecule has 0 spiro atoms. The van der Waals surface area contributed by atoms with E-state index in [4.69, 9.17) is 24.3 Å². The van der Waals surface area contributed by atoms with Crippen LogP contribution in [0, 0.1) is 0 Å². The summed E-state index contributed by atoms with van der Waals surface area (Å²) in [5.41, 5.74) is 5.39. The zero-order chi connectivity index (χ0) is 57.3. The number of allylic oxidation sites excluding steroid dienone is 16. The molecule has 0 radical (unpaired) electrons. The normalized spacial score (nSPS) is 13.6. The molecule has 0 aliphatic carbocycles. The largest absolute Gasteiger partial charge is 0.472 e. The molecule has 0 aliphatic heterocycles. The number of esters is 2. The lowest BCUT2D eigenvalue weighted by Crippen LogP contribution is -2.29. The highest BCUT2D eigenvalue weighted by atomic mass is 31.2. The van der Waals surface area contributed by atoms with Crippen molar-refractivity contribution < 1.29 is 37.6 Å². The van der Waals surface area contributed by atoms with Gasteiger partial charge in [-0.3, -0.25) is 18.6 Å². The van der Waals surface area contributed by atoms with E-state index in [-0.39, 0.29) is 38.6 Å². The number of carbonyl (C=O) groups excluding carboxylic acids is 2. The predicted molar refractivity (Wildman–Crippen MR) is 339 cm³/mol. The second-order valence-electron chi connectivity index (χ2n) is 21.6. The minimum atomic E-state index is -4.39. The number of phosphoric acid groups is 1. The Morgan fingerprint density at radius 2 is 0.696 bits per heavy atom. The lowest BCUT2D eigenvalue weighted by molar-refractivity contribution is -0.161. The van der Waals surface area contributed by atoms with Gasteiger partial charge in [-0.1, -0.05) is 284 Å². The highest BCUT2D eigenvalue weighted by Crippen LogP contribution is 2.43. The van der Waals surface area contributed by atoms with Crippen LogP contribution in [0.2, 0.25) is 0 Å². The Balaban J connectivity index is 3.86. The highest BCUT2D eigenvalue weighted by Gasteiger charge is 2.26. The third-order valence-corrected chi connectivity index (χ3v) is 14.9. The zero-order valence-electron chi connectivity index (χ0n) is 51.1. The molecule has 0 bridgehead atoms. The first-order valence-corrected chi connectivity index (χ1v) is 34.2. The summed E-state index contributed by atoms with van der Waals surface area (Å²) in [4.78, 5) is 35.3. The molecule has 0 saturated heterocycles. The van der Waals surface area contributed by atoms with Gasteiger partial charge in [-0.25, -0.2) is 4.57 Å². The summed E-state index contributed by atoms with van der Waals surface area (Å²) < 4.78 is 33.1. The molecule has 2 unspecified atom stereocenters. The van der Waals surface area contributed by atoms with Crippen LogP contribution in [0.15, 0.2) is 97.2 Å². The van der Waals surface area contributed by atoms with E-state index in [0.717, 1.165) is 83.5 Å². The maximum absolute atomic E-state index is 12.7. The number of unbranched alkanes of at least 4 members (excludes halogenated alkanes) is 32. The molecule has 0 aromatic heterocycles. The van der Waals surface area contributed by atoms with Gasteiger partial charge >= 0.3 is 19.8 Å². The molecule has 0 rings (SSSR count). The molecule has 0 saturated carbocycles. The third kappa shape index (κ3) is 64.0. The van der Waals surface area contributed by atoms with Crippen molar-refractivity contribution in [2.75, 3.05) is 26.4 Å². The first-order valence-electron chi connectivity index (χ1n) is 32.7. The molecule has 0 amide bonds. The van der Waals surface area contributed by atoms with E-state index in [1.807, 2.05) is 0 Å². The molecule has 2 atom stereocenters. The summed E-state index contributed by atoms with van der Waals surface area (Å²) in [6.07, 6.45) is 86.3. The van der Waals surface area contributed by atoms with Gasteiger partial charge in [0.05, 0.1) is 13.2 Å². The van der Waals surface area contributed by atoms with Crippen molar-refractivity contribution in [1.29, 1.82) is 0 Å². The van der Waals surface area contributed by atoms with Crippen LogP contribution in [0.3, 0.4) is 0 Å². The molecule has 456 valence electrons. The average Bonchev–Trinajstić information content (AvgIpc) is 3.44. The molecule has 0 aliphatic rings. The quantitative estimate of drug-likeness (QED) is 0.0264. The van der Waals surface area contributed by atoms with Gasteiger partial charge in [0.1, 0.15) is 6.61 Å². The molecule has 0 heterocycles. The van der Waals surface area contributed by atoms with Crippen LogP contribution in [-0.2, 0) is 32.7 Å². The van der Waals surface area contributed by atoms with Crippen LogP contribution < -0.4 is 5.73 Å². The van der Waals surface area contributed by atoms with Crippen LogP contribution in [0.1, 0.15) is 296 Å². The highest BCUT2D eigenvalue weighted by molar-refractivity contribution is 7.47. The van der Waals surface area contributed by atoms with E-state index >= 15 is 0 Å². The zero-order valence-corrected chi connectivity index (χ0v) is 52.0. The van der Waals surface area contributed by atoms with Gasteiger partial charge in [-0.2, -0.15) is 0 Å². The van der Waals surface area contributed by atoms with E-state index in [1.54, 1.807) is 0 Å². The summed E-state index contributed by atoms with van der Waals surface area (Å²) in [6.45, 7) is 3.65. The third-order valence-electron chi connectivity index (χ3n) is 14.0. The van der Waals surface area contributed by atoms with Crippen molar-refractivity contribution in [3.05, 3.63) is 97.2 Å². The lowest BCUT2D eigenvalue weighted by atomic mass is 10.0. The Bertz CT molecular complexity index is 1610. The number of ether oxygens (including phenoxy) is 2.